The number of benzene rings is 1. The zero-order valence-electron chi connectivity index (χ0n) is 10.4. The summed E-state index contributed by atoms with van der Waals surface area (Å²) in [4.78, 5) is 25.2. The number of hydrogen-bond donors (Lipinski definition) is 2. The van der Waals surface area contributed by atoms with Crippen LogP contribution < -0.4 is 5.32 Å². The van der Waals surface area contributed by atoms with E-state index in [-0.39, 0.29) is 11.6 Å². The Morgan fingerprint density at radius 2 is 2.05 bits per heavy atom. The maximum atomic E-state index is 12.1. The molecule has 1 amide bonds. The number of hydrogen-bond acceptors (Lipinski definition) is 4. The van der Waals surface area contributed by atoms with Gasteiger partial charge in [0.1, 0.15) is 0 Å². The van der Waals surface area contributed by atoms with Crippen LogP contribution in [0.1, 0.15) is 12.0 Å². The summed E-state index contributed by atoms with van der Waals surface area (Å²) in [6.45, 7) is 0. The van der Waals surface area contributed by atoms with Gasteiger partial charge in [0.15, 0.2) is 5.13 Å². The van der Waals surface area contributed by atoms with Gasteiger partial charge in [-0.15, -0.1) is 0 Å². The van der Waals surface area contributed by atoms with Crippen LogP contribution in [0, 0.1) is 0 Å². The average molecular weight is 318 g/mol. The van der Waals surface area contributed by atoms with Crippen molar-refractivity contribution in [1.82, 2.24) is 4.98 Å². The molecule has 0 bridgehead atoms. The molecule has 0 spiro atoms. The van der Waals surface area contributed by atoms with Crippen LogP contribution in [0.3, 0.4) is 0 Å². The number of aromatic nitrogens is 1. The molecule has 0 aliphatic heterocycles. The lowest BCUT2D eigenvalue weighted by Gasteiger charge is -2.03. The second-order valence-corrected chi connectivity index (χ2v) is 5.20. The number of rotatable bonds is 4. The first-order valence-corrected chi connectivity index (χ1v) is 6.57. The second kappa shape index (κ2) is 5.68. The van der Waals surface area contributed by atoms with E-state index in [0.717, 1.165) is 16.9 Å². The molecular formula is C12H9F3N2O3S. The summed E-state index contributed by atoms with van der Waals surface area (Å²) in [5, 5.41) is 10.1. The summed E-state index contributed by atoms with van der Waals surface area (Å²) in [5.74, 6) is -3.01. The van der Waals surface area contributed by atoms with Gasteiger partial charge in [-0.1, -0.05) is 17.4 Å². The minimum Gasteiger partial charge on any atom is -0.481 e. The third-order valence-corrected chi connectivity index (χ3v) is 3.49. The quantitative estimate of drug-likeness (QED) is 0.908. The molecule has 1 aromatic heterocycles. The van der Waals surface area contributed by atoms with Gasteiger partial charge >= 0.3 is 18.1 Å². The van der Waals surface area contributed by atoms with Crippen molar-refractivity contribution in [2.45, 2.75) is 19.0 Å². The SMILES string of the molecule is O=C(O)CCc1ccc2nc(NC(=O)C(F)(F)F)sc2c1. The number of nitrogens with zero attached hydrogens (tertiary/aromatic N) is 1. The number of alkyl halides is 3. The van der Waals surface area contributed by atoms with Crippen molar-refractivity contribution >= 4 is 38.6 Å². The molecule has 0 fully saturated rings. The Morgan fingerprint density at radius 3 is 2.67 bits per heavy atom. The predicted octanol–water partition coefficient (Wildman–Crippen LogP) is 2.81. The lowest BCUT2D eigenvalue weighted by Crippen LogP contribution is -2.29. The van der Waals surface area contributed by atoms with Gasteiger partial charge in [0.2, 0.25) is 0 Å². The van der Waals surface area contributed by atoms with E-state index in [2.05, 4.69) is 4.98 Å². The number of aliphatic carboxylic acids is 1. The van der Waals surface area contributed by atoms with Crippen LogP contribution in [0.2, 0.25) is 0 Å². The zero-order chi connectivity index (χ0) is 15.6. The number of thiazole rings is 1. The molecule has 0 aliphatic rings. The lowest BCUT2D eigenvalue weighted by atomic mass is 10.1. The summed E-state index contributed by atoms with van der Waals surface area (Å²) in [6, 6.07) is 4.88. The van der Waals surface area contributed by atoms with Crippen LogP contribution in [0.4, 0.5) is 18.3 Å². The predicted molar refractivity (Wildman–Crippen MR) is 70.3 cm³/mol. The number of amides is 1. The Kier molecular flexibility index (Phi) is 4.12. The summed E-state index contributed by atoms with van der Waals surface area (Å²) in [7, 11) is 0. The molecule has 0 saturated carbocycles. The van der Waals surface area contributed by atoms with Gasteiger partial charge in [0, 0.05) is 6.42 Å². The fraction of sp³-hybridized carbons (Fsp3) is 0.250. The first kappa shape index (κ1) is 15.2. The smallest absolute Gasteiger partial charge is 0.471 e. The second-order valence-electron chi connectivity index (χ2n) is 4.17. The van der Waals surface area contributed by atoms with Crippen molar-refractivity contribution < 1.29 is 27.9 Å². The van der Waals surface area contributed by atoms with E-state index in [1.54, 1.807) is 23.5 Å². The summed E-state index contributed by atoms with van der Waals surface area (Å²) in [5.41, 5.74) is 1.18. The van der Waals surface area contributed by atoms with E-state index < -0.39 is 18.1 Å². The van der Waals surface area contributed by atoms with Crippen molar-refractivity contribution in [3.05, 3.63) is 23.8 Å². The highest BCUT2D eigenvalue weighted by Crippen LogP contribution is 2.28. The Labute approximate surface area is 120 Å². The fourth-order valence-electron chi connectivity index (χ4n) is 1.60. The van der Waals surface area contributed by atoms with Crippen molar-refractivity contribution in [3.63, 3.8) is 0 Å². The van der Waals surface area contributed by atoms with Crippen molar-refractivity contribution in [3.8, 4) is 0 Å². The van der Waals surface area contributed by atoms with Gasteiger partial charge in [-0.2, -0.15) is 13.2 Å². The molecule has 0 atom stereocenters. The molecule has 0 radical (unpaired) electrons. The van der Waals surface area contributed by atoms with Crippen LogP contribution in [-0.2, 0) is 16.0 Å². The van der Waals surface area contributed by atoms with Gasteiger partial charge in [-0.3, -0.25) is 14.9 Å². The van der Waals surface area contributed by atoms with Gasteiger partial charge in [-0.25, -0.2) is 4.98 Å². The molecule has 0 unspecified atom stereocenters. The summed E-state index contributed by atoms with van der Waals surface area (Å²) in [6.07, 6.45) is -4.69. The first-order chi connectivity index (χ1) is 9.75. The van der Waals surface area contributed by atoms with E-state index in [9.17, 15) is 22.8 Å². The maximum Gasteiger partial charge on any atom is 0.471 e. The van der Waals surface area contributed by atoms with Crippen LogP contribution in [0.15, 0.2) is 18.2 Å². The molecule has 2 rings (SSSR count). The topological polar surface area (TPSA) is 79.3 Å². The third-order valence-electron chi connectivity index (χ3n) is 2.56. The van der Waals surface area contributed by atoms with Gasteiger partial charge in [0.05, 0.1) is 10.2 Å². The minimum absolute atomic E-state index is 0.0397. The van der Waals surface area contributed by atoms with E-state index in [4.69, 9.17) is 5.11 Å². The van der Waals surface area contributed by atoms with Crippen LogP contribution >= 0.6 is 11.3 Å². The van der Waals surface area contributed by atoms with Crippen molar-refractivity contribution in [2.24, 2.45) is 0 Å². The summed E-state index contributed by atoms with van der Waals surface area (Å²) >= 11 is 0.900. The minimum atomic E-state index is -4.97. The van der Waals surface area contributed by atoms with Crippen LogP contribution in [-0.4, -0.2) is 28.1 Å². The highest BCUT2D eigenvalue weighted by Gasteiger charge is 2.39. The largest absolute Gasteiger partial charge is 0.481 e. The monoisotopic (exact) mass is 318 g/mol. The highest BCUT2D eigenvalue weighted by atomic mass is 32.1. The van der Waals surface area contributed by atoms with Gasteiger partial charge in [-0.05, 0) is 24.1 Å². The number of fused-ring (bicyclic) bond motifs is 1. The number of halogens is 3. The standard InChI is InChI=1S/C12H9F3N2O3S/c13-12(14,15)10(20)17-11-16-7-3-1-6(2-4-9(18)19)5-8(7)21-11/h1,3,5H,2,4H2,(H,18,19)(H,16,17,20). The number of nitrogens with one attached hydrogen (secondary N) is 1. The molecular weight excluding hydrogens is 309 g/mol. The molecule has 5 nitrogen and oxygen atoms in total. The highest BCUT2D eigenvalue weighted by molar-refractivity contribution is 7.22. The number of anilines is 1. The molecule has 1 aromatic carbocycles. The molecule has 2 aromatic rings. The third kappa shape index (κ3) is 3.91. The van der Waals surface area contributed by atoms with Crippen molar-refractivity contribution in [2.75, 3.05) is 5.32 Å². The normalized spacial score (nSPS) is 11.6. The average Bonchev–Trinajstić information content (AvgIpc) is 2.76. The van der Waals surface area contributed by atoms with E-state index in [1.807, 2.05) is 0 Å². The zero-order valence-corrected chi connectivity index (χ0v) is 11.2. The molecule has 9 heteroatoms. The van der Waals surface area contributed by atoms with Crippen LogP contribution in [0.25, 0.3) is 10.2 Å². The number of aryl methyl sites for hydroxylation is 1. The fourth-order valence-corrected chi connectivity index (χ4v) is 2.52. The van der Waals surface area contributed by atoms with Gasteiger partial charge < -0.3 is 5.11 Å². The number of carboxylic acid groups (broad SMARTS) is 1. The molecule has 1 heterocycles. The molecule has 0 aliphatic carbocycles. The molecule has 112 valence electrons. The van der Waals surface area contributed by atoms with E-state index in [1.165, 1.54) is 0 Å². The Bertz CT molecular complexity index is 697. The Hall–Kier alpha value is -2.16. The van der Waals surface area contributed by atoms with Crippen LogP contribution in [0.5, 0.6) is 0 Å². The number of carboxylic acids is 1. The number of carbonyl (C=O) groups is 2. The molecule has 0 saturated heterocycles. The molecule has 2 N–H and O–H groups in total. The lowest BCUT2D eigenvalue weighted by molar-refractivity contribution is -0.167. The Morgan fingerprint density at radius 1 is 1.33 bits per heavy atom. The Balaban J connectivity index is 2.18. The maximum absolute atomic E-state index is 12.1. The van der Waals surface area contributed by atoms with Crippen molar-refractivity contribution in [1.29, 1.82) is 0 Å². The van der Waals surface area contributed by atoms with E-state index in [0.29, 0.717) is 16.6 Å². The molecule has 21 heavy (non-hydrogen) atoms. The van der Waals surface area contributed by atoms with E-state index >= 15 is 0 Å². The summed E-state index contributed by atoms with van der Waals surface area (Å²) < 4.78 is 37.0. The number of carbonyl (C=O) groups excluding carboxylic acids is 1. The van der Waals surface area contributed by atoms with Gasteiger partial charge in [0.25, 0.3) is 0 Å². The first-order valence-electron chi connectivity index (χ1n) is 5.75.